The number of benzene rings is 1. The van der Waals surface area contributed by atoms with Gasteiger partial charge in [0.2, 0.25) is 0 Å². The van der Waals surface area contributed by atoms with Crippen LogP contribution >= 0.6 is 11.3 Å². The van der Waals surface area contributed by atoms with E-state index in [1.165, 1.54) is 5.56 Å². The smallest absolute Gasteiger partial charge is 0.191 e. The van der Waals surface area contributed by atoms with E-state index in [0.29, 0.717) is 6.04 Å². The van der Waals surface area contributed by atoms with Crippen molar-refractivity contribution in [2.24, 2.45) is 4.99 Å². The van der Waals surface area contributed by atoms with Crippen molar-refractivity contribution in [3.8, 4) is 0 Å². The van der Waals surface area contributed by atoms with Crippen molar-refractivity contribution in [2.75, 3.05) is 33.2 Å². The highest BCUT2D eigenvalue weighted by Crippen LogP contribution is 2.19. The van der Waals surface area contributed by atoms with E-state index < -0.39 is 0 Å². The predicted molar refractivity (Wildman–Crippen MR) is 112 cm³/mol. The first-order valence-corrected chi connectivity index (χ1v) is 10.2. The molecule has 2 N–H and O–H groups in total. The lowest BCUT2D eigenvalue weighted by Gasteiger charge is -2.30. The molecular formula is C20H31N5S. The van der Waals surface area contributed by atoms with Crippen molar-refractivity contribution < 1.29 is 0 Å². The molecule has 1 aromatic carbocycles. The molecule has 6 heteroatoms. The Hall–Kier alpha value is -1.92. The minimum atomic E-state index is 0.325. The number of thiazole rings is 1. The van der Waals surface area contributed by atoms with Crippen LogP contribution in [0.15, 0.2) is 40.7 Å². The van der Waals surface area contributed by atoms with Gasteiger partial charge in [0.1, 0.15) is 0 Å². The normalized spacial score (nSPS) is 13.0. The Morgan fingerprint density at radius 3 is 2.50 bits per heavy atom. The zero-order valence-electron chi connectivity index (χ0n) is 16.3. The van der Waals surface area contributed by atoms with Gasteiger partial charge in [0, 0.05) is 31.9 Å². The van der Waals surface area contributed by atoms with Gasteiger partial charge in [0.15, 0.2) is 5.96 Å². The number of hydrogen-bond acceptors (Lipinski definition) is 4. The van der Waals surface area contributed by atoms with Crippen LogP contribution in [0.5, 0.6) is 0 Å². The SMILES string of the molecule is CCN(CC)C(CNC(=NC)NCCc1csc(C)n1)c1ccccc1. The lowest BCUT2D eigenvalue weighted by molar-refractivity contribution is 0.219. The summed E-state index contributed by atoms with van der Waals surface area (Å²) in [5.74, 6) is 0.838. The molecule has 1 aromatic heterocycles. The molecule has 0 radical (unpaired) electrons. The van der Waals surface area contributed by atoms with Crippen molar-refractivity contribution in [3.63, 3.8) is 0 Å². The zero-order chi connectivity index (χ0) is 18.8. The van der Waals surface area contributed by atoms with E-state index in [1.807, 2.05) is 14.0 Å². The summed E-state index contributed by atoms with van der Waals surface area (Å²) >= 11 is 1.70. The third kappa shape index (κ3) is 6.11. The lowest BCUT2D eigenvalue weighted by atomic mass is 10.1. The summed E-state index contributed by atoms with van der Waals surface area (Å²) in [6.07, 6.45) is 0.906. The van der Waals surface area contributed by atoms with Crippen LogP contribution in [0.1, 0.15) is 36.2 Å². The molecule has 2 aromatic rings. The molecule has 1 atom stereocenters. The largest absolute Gasteiger partial charge is 0.356 e. The average Bonchev–Trinajstić information content (AvgIpc) is 3.09. The van der Waals surface area contributed by atoms with Crippen molar-refractivity contribution in [1.82, 2.24) is 20.5 Å². The fourth-order valence-corrected chi connectivity index (χ4v) is 3.69. The molecule has 0 amide bonds. The van der Waals surface area contributed by atoms with E-state index in [1.54, 1.807) is 11.3 Å². The zero-order valence-corrected chi connectivity index (χ0v) is 17.1. The van der Waals surface area contributed by atoms with E-state index in [0.717, 1.165) is 49.3 Å². The van der Waals surface area contributed by atoms with Crippen LogP contribution in [-0.4, -0.2) is 49.1 Å². The highest BCUT2D eigenvalue weighted by atomic mass is 32.1. The maximum atomic E-state index is 4.50. The van der Waals surface area contributed by atoms with E-state index in [9.17, 15) is 0 Å². The fraction of sp³-hybridized carbons (Fsp3) is 0.500. The van der Waals surface area contributed by atoms with Crippen LogP contribution in [0.25, 0.3) is 0 Å². The lowest BCUT2D eigenvalue weighted by Crippen LogP contribution is -2.43. The Bertz CT molecular complexity index is 664. The van der Waals surface area contributed by atoms with Crippen LogP contribution < -0.4 is 10.6 Å². The first-order chi connectivity index (χ1) is 12.7. The molecule has 26 heavy (non-hydrogen) atoms. The molecule has 0 aliphatic rings. The molecule has 1 heterocycles. The summed E-state index contributed by atoms with van der Waals surface area (Å²) in [6, 6.07) is 11.0. The molecule has 2 rings (SSSR count). The van der Waals surface area contributed by atoms with Gasteiger partial charge in [-0.25, -0.2) is 4.98 Å². The van der Waals surface area contributed by atoms with Gasteiger partial charge in [-0.15, -0.1) is 11.3 Å². The number of aliphatic imine (C=N–C) groups is 1. The van der Waals surface area contributed by atoms with E-state index in [4.69, 9.17) is 0 Å². The second kappa shape index (κ2) is 10.9. The summed E-state index contributed by atoms with van der Waals surface area (Å²) in [6.45, 7) is 10.1. The van der Waals surface area contributed by atoms with Crippen LogP contribution in [-0.2, 0) is 6.42 Å². The molecular weight excluding hydrogens is 342 g/mol. The summed E-state index contributed by atoms with van der Waals surface area (Å²) in [5.41, 5.74) is 2.47. The Balaban J connectivity index is 1.90. The monoisotopic (exact) mass is 373 g/mol. The van der Waals surface area contributed by atoms with Crippen molar-refractivity contribution in [2.45, 2.75) is 33.2 Å². The van der Waals surface area contributed by atoms with Crippen molar-refractivity contribution in [3.05, 3.63) is 52.0 Å². The minimum absolute atomic E-state index is 0.325. The fourth-order valence-electron chi connectivity index (χ4n) is 3.04. The van der Waals surface area contributed by atoms with Crippen LogP contribution in [0.4, 0.5) is 0 Å². The van der Waals surface area contributed by atoms with Crippen molar-refractivity contribution >= 4 is 17.3 Å². The summed E-state index contributed by atoms with van der Waals surface area (Å²) < 4.78 is 0. The molecule has 0 spiro atoms. The third-order valence-electron chi connectivity index (χ3n) is 4.46. The molecule has 0 aliphatic heterocycles. The second-order valence-corrected chi connectivity index (χ2v) is 7.20. The maximum absolute atomic E-state index is 4.50. The molecule has 0 saturated carbocycles. The van der Waals surface area contributed by atoms with Crippen molar-refractivity contribution in [1.29, 1.82) is 0 Å². The van der Waals surface area contributed by atoms with Crippen LogP contribution in [0.2, 0.25) is 0 Å². The highest BCUT2D eigenvalue weighted by molar-refractivity contribution is 7.09. The summed E-state index contributed by atoms with van der Waals surface area (Å²) in [5, 5.41) is 10.1. The molecule has 0 bridgehead atoms. The predicted octanol–water partition coefficient (Wildman–Crippen LogP) is 3.24. The average molecular weight is 374 g/mol. The number of nitrogens with one attached hydrogen (secondary N) is 2. The number of nitrogens with zero attached hydrogens (tertiary/aromatic N) is 3. The molecule has 142 valence electrons. The molecule has 0 aliphatic carbocycles. The van der Waals surface area contributed by atoms with E-state index >= 15 is 0 Å². The number of hydrogen-bond donors (Lipinski definition) is 2. The van der Waals surface area contributed by atoms with E-state index in [-0.39, 0.29) is 0 Å². The molecule has 5 nitrogen and oxygen atoms in total. The standard InChI is InChI=1S/C20H31N5S/c1-5-25(6-2)19(17-10-8-7-9-11-17)14-23-20(21-4)22-13-12-18-15-26-16(3)24-18/h7-11,15,19H,5-6,12-14H2,1-4H3,(H2,21,22,23). The van der Waals surface area contributed by atoms with Gasteiger partial charge in [0.25, 0.3) is 0 Å². The molecule has 0 saturated heterocycles. The Morgan fingerprint density at radius 1 is 1.19 bits per heavy atom. The first kappa shape index (κ1) is 20.4. The van der Waals surface area contributed by atoms with Crippen LogP contribution in [0, 0.1) is 6.92 Å². The number of guanidine groups is 1. The third-order valence-corrected chi connectivity index (χ3v) is 5.29. The Labute approximate surface area is 161 Å². The summed E-state index contributed by atoms with van der Waals surface area (Å²) in [7, 11) is 1.82. The van der Waals surface area contributed by atoms with Gasteiger partial charge >= 0.3 is 0 Å². The topological polar surface area (TPSA) is 52.5 Å². The van der Waals surface area contributed by atoms with Gasteiger partial charge in [-0.05, 0) is 25.6 Å². The number of rotatable bonds is 9. The number of likely N-dealkylation sites (N-methyl/N-ethyl adjacent to an activating group) is 1. The Kier molecular flexibility index (Phi) is 8.58. The Morgan fingerprint density at radius 2 is 1.92 bits per heavy atom. The second-order valence-electron chi connectivity index (χ2n) is 6.14. The van der Waals surface area contributed by atoms with Gasteiger partial charge in [0.05, 0.1) is 16.7 Å². The van der Waals surface area contributed by atoms with Crippen LogP contribution in [0.3, 0.4) is 0 Å². The number of aromatic nitrogens is 1. The van der Waals surface area contributed by atoms with Gasteiger partial charge in [-0.3, -0.25) is 9.89 Å². The minimum Gasteiger partial charge on any atom is -0.356 e. The maximum Gasteiger partial charge on any atom is 0.191 e. The quantitative estimate of drug-likeness (QED) is 0.523. The summed E-state index contributed by atoms with van der Waals surface area (Å²) in [4.78, 5) is 11.3. The van der Waals surface area contributed by atoms with Gasteiger partial charge in [-0.2, -0.15) is 0 Å². The highest BCUT2D eigenvalue weighted by Gasteiger charge is 2.18. The molecule has 1 unspecified atom stereocenters. The van der Waals surface area contributed by atoms with Gasteiger partial charge in [-0.1, -0.05) is 44.2 Å². The van der Waals surface area contributed by atoms with E-state index in [2.05, 4.69) is 75.1 Å². The molecule has 0 fully saturated rings. The van der Waals surface area contributed by atoms with Gasteiger partial charge < -0.3 is 10.6 Å². The first-order valence-electron chi connectivity index (χ1n) is 9.32. The number of aryl methyl sites for hydroxylation is 1.